The van der Waals surface area contributed by atoms with Crippen LogP contribution < -0.4 is 10.5 Å². The number of thiocarbonyl (C=S) groups is 1. The predicted octanol–water partition coefficient (Wildman–Crippen LogP) is 2.67. The van der Waals surface area contributed by atoms with Crippen LogP contribution >= 0.6 is 12.2 Å². The molecule has 2 N–H and O–H groups in total. The molecule has 0 bridgehead atoms. The minimum Gasteiger partial charge on any atom is -0.487 e. The molecule has 106 valence electrons. The lowest BCUT2D eigenvalue weighted by Gasteiger charge is -2.18. The van der Waals surface area contributed by atoms with E-state index in [0.717, 1.165) is 10.9 Å². The van der Waals surface area contributed by atoms with Crippen molar-refractivity contribution in [2.75, 3.05) is 13.2 Å². The highest BCUT2D eigenvalue weighted by atomic mass is 32.1. The van der Waals surface area contributed by atoms with Crippen molar-refractivity contribution in [2.24, 2.45) is 5.73 Å². The lowest BCUT2D eigenvalue weighted by atomic mass is 10.1. The number of benzene rings is 1. The van der Waals surface area contributed by atoms with Crippen LogP contribution in [0.15, 0.2) is 30.5 Å². The van der Waals surface area contributed by atoms with Crippen LogP contribution in [0.4, 0.5) is 0 Å². The van der Waals surface area contributed by atoms with Crippen molar-refractivity contribution in [3.05, 3.63) is 36.0 Å². The van der Waals surface area contributed by atoms with Gasteiger partial charge >= 0.3 is 0 Å². The summed E-state index contributed by atoms with van der Waals surface area (Å²) in [6, 6.07) is 7.75. The van der Waals surface area contributed by atoms with Crippen LogP contribution in [-0.4, -0.2) is 29.3 Å². The number of ether oxygens (including phenoxy) is 2. The molecule has 20 heavy (non-hydrogen) atoms. The van der Waals surface area contributed by atoms with Gasteiger partial charge in [0.05, 0.1) is 17.7 Å². The minimum absolute atomic E-state index is 0.0890. The summed E-state index contributed by atoms with van der Waals surface area (Å²) in [5, 5.41) is 0.904. The molecule has 1 aromatic heterocycles. The molecule has 0 spiro atoms. The van der Waals surface area contributed by atoms with Crippen molar-refractivity contribution in [1.82, 2.24) is 4.98 Å². The molecule has 4 nitrogen and oxygen atoms in total. The lowest BCUT2D eigenvalue weighted by Crippen LogP contribution is -2.21. The molecular formula is C15H18N2O2S. The summed E-state index contributed by atoms with van der Waals surface area (Å²) in [7, 11) is 0. The summed E-state index contributed by atoms with van der Waals surface area (Å²) >= 11 is 5.08. The maximum Gasteiger partial charge on any atom is 0.140 e. The summed E-state index contributed by atoms with van der Waals surface area (Å²) in [6.45, 7) is 5.08. The van der Waals surface area contributed by atoms with Crippen molar-refractivity contribution in [3.8, 4) is 5.75 Å². The Kier molecular flexibility index (Phi) is 4.87. The van der Waals surface area contributed by atoms with Gasteiger partial charge in [0, 0.05) is 18.2 Å². The molecule has 1 atom stereocenters. The second kappa shape index (κ2) is 6.63. The molecule has 0 amide bonds. The standard InChI is InChI=1S/C15H18N2O2S/c1-3-18-9-10(2)19-14-11-6-4-5-7-13(11)17-8-12(14)15(16)20/h4-8,10H,3,9H2,1-2H3,(H2,16,20). The van der Waals surface area contributed by atoms with Gasteiger partial charge in [-0.05, 0) is 26.0 Å². The monoisotopic (exact) mass is 290 g/mol. The van der Waals surface area contributed by atoms with E-state index in [1.165, 1.54) is 0 Å². The molecule has 0 aliphatic carbocycles. The minimum atomic E-state index is -0.0890. The van der Waals surface area contributed by atoms with Crippen molar-refractivity contribution >= 4 is 28.1 Å². The Labute approximate surface area is 123 Å². The molecule has 0 aliphatic heterocycles. The molecule has 2 aromatic rings. The van der Waals surface area contributed by atoms with Gasteiger partial charge in [0.2, 0.25) is 0 Å². The van der Waals surface area contributed by atoms with Gasteiger partial charge in [0.25, 0.3) is 0 Å². The van der Waals surface area contributed by atoms with E-state index >= 15 is 0 Å². The maximum absolute atomic E-state index is 5.99. The Balaban J connectivity index is 2.41. The van der Waals surface area contributed by atoms with Crippen molar-refractivity contribution < 1.29 is 9.47 Å². The summed E-state index contributed by atoms with van der Waals surface area (Å²) in [4.78, 5) is 4.63. The average Bonchev–Trinajstić information content (AvgIpc) is 2.45. The summed E-state index contributed by atoms with van der Waals surface area (Å²) in [6.07, 6.45) is 1.57. The third kappa shape index (κ3) is 3.23. The smallest absolute Gasteiger partial charge is 0.140 e. The normalized spacial score (nSPS) is 12.3. The Morgan fingerprint density at radius 3 is 2.85 bits per heavy atom. The predicted molar refractivity (Wildman–Crippen MR) is 84.2 cm³/mol. The molecule has 1 heterocycles. The zero-order chi connectivity index (χ0) is 14.5. The first-order valence-electron chi connectivity index (χ1n) is 6.55. The van der Waals surface area contributed by atoms with Crippen LogP contribution in [0.2, 0.25) is 0 Å². The van der Waals surface area contributed by atoms with E-state index in [9.17, 15) is 0 Å². The van der Waals surface area contributed by atoms with Crippen LogP contribution in [0.1, 0.15) is 19.4 Å². The van der Waals surface area contributed by atoms with Crippen molar-refractivity contribution in [1.29, 1.82) is 0 Å². The van der Waals surface area contributed by atoms with Gasteiger partial charge in [0.15, 0.2) is 0 Å². The fraction of sp³-hybridized carbons (Fsp3) is 0.333. The van der Waals surface area contributed by atoms with E-state index in [2.05, 4.69) is 4.98 Å². The van der Waals surface area contributed by atoms with Crippen LogP contribution in [0.5, 0.6) is 5.75 Å². The van der Waals surface area contributed by atoms with Gasteiger partial charge in [-0.3, -0.25) is 4.98 Å². The number of pyridine rings is 1. The van der Waals surface area contributed by atoms with E-state index in [1.54, 1.807) is 6.20 Å². The van der Waals surface area contributed by atoms with Gasteiger partial charge in [-0.25, -0.2) is 0 Å². The summed E-state index contributed by atoms with van der Waals surface area (Å²) < 4.78 is 11.4. The Hall–Kier alpha value is -1.72. The first-order valence-corrected chi connectivity index (χ1v) is 6.96. The molecule has 1 aromatic carbocycles. The number of rotatable bonds is 6. The molecule has 2 rings (SSSR count). The SMILES string of the molecule is CCOCC(C)Oc1c(C(N)=S)cnc2ccccc12. The van der Waals surface area contributed by atoms with Gasteiger partial charge in [-0.15, -0.1) is 0 Å². The molecule has 0 aliphatic rings. The molecule has 5 heteroatoms. The van der Waals surface area contributed by atoms with Crippen molar-refractivity contribution in [3.63, 3.8) is 0 Å². The lowest BCUT2D eigenvalue weighted by molar-refractivity contribution is 0.0664. The molecule has 1 unspecified atom stereocenters. The van der Waals surface area contributed by atoms with E-state index in [4.69, 9.17) is 27.4 Å². The van der Waals surface area contributed by atoms with Crippen LogP contribution in [0, 0.1) is 0 Å². The fourth-order valence-corrected chi connectivity index (χ4v) is 2.08. The number of hydrogen-bond acceptors (Lipinski definition) is 4. The van der Waals surface area contributed by atoms with Crippen LogP contribution in [0.25, 0.3) is 10.9 Å². The molecule has 0 saturated carbocycles. The summed E-state index contributed by atoms with van der Waals surface area (Å²) in [5.41, 5.74) is 7.27. The topological polar surface area (TPSA) is 57.4 Å². The second-order valence-corrected chi connectivity index (χ2v) is 4.91. The van der Waals surface area contributed by atoms with Crippen LogP contribution in [-0.2, 0) is 4.74 Å². The van der Waals surface area contributed by atoms with Crippen molar-refractivity contribution in [2.45, 2.75) is 20.0 Å². The van der Waals surface area contributed by atoms with Gasteiger partial charge in [0.1, 0.15) is 16.8 Å². The zero-order valence-corrected chi connectivity index (χ0v) is 12.4. The molecular weight excluding hydrogens is 272 g/mol. The number of aromatic nitrogens is 1. The zero-order valence-electron chi connectivity index (χ0n) is 11.6. The first kappa shape index (κ1) is 14.7. The number of nitrogens with two attached hydrogens (primary N) is 1. The summed E-state index contributed by atoms with van der Waals surface area (Å²) in [5.74, 6) is 0.676. The third-order valence-electron chi connectivity index (χ3n) is 2.87. The van der Waals surface area contributed by atoms with E-state index in [1.807, 2.05) is 38.1 Å². The Morgan fingerprint density at radius 2 is 2.15 bits per heavy atom. The second-order valence-electron chi connectivity index (χ2n) is 4.47. The van der Waals surface area contributed by atoms with Crippen LogP contribution in [0.3, 0.4) is 0 Å². The first-order chi connectivity index (χ1) is 9.63. The van der Waals surface area contributed by atoms with Gasteiger partial charge < -0.3 is 15.2 Å². The number of para-hydroxylation sites is 1. The molecule has 0 saturated heterocycles. The van der Waals surface area contributed by atoms with E-state index < -0.39 is 0 Å². The highest BCUT2D eigenvalue weighted by Gasteiger charge is 2.15. The van der Waals surface area contributed by atoms with Gasteiger partial charge in [-0.1, -0.05) is 24.4 Å². The third-order valence-corrected chi connectivity index (χ3v) is 3.09. The number of fused-ring (bicyclic) bond motifs is 1. The molecule has 0 fully saturated rings. The molecule has 0 radical (unpaired) electrons. The average molecular weight is 290 g/mol. The highest BCUT2D eigenvalue weighted by molar-refractivity contribution is 7.80. The largest absolute Gasteiger partial charge is 0.487 e. The Morgan fingerprint density at radius 1 is 1.40 bits per heavy atom. The maximum atomic E-state index is 5.99. The Bertz CT molecular complexity index is 616. The number of nitrogens with zero attached hydrogens (tertiary/aromatic N) is 1. The quantitative estimate of drug-likeness (QED) is 0.829. The van der Waals surface area contributed by atoms with Gasteiger partial charge in [-0.2, -0.15) is 0 Å². The van der Waals surface area contributed by atoms with E-state index in [0.29, 0.717) is 24.5 Å². The fourth-order valence-electron chi connectivity index (χ4n) is 1.94. The number of hydrogen-bond donors (Lipinski definition) is 1. The highest BCUT2D eigenvalue weighted by Crippen LogP contribution is 2.29. The van der Waals surface area contributed by atoms with E-state index in [-0.39, 0.29) is 11.1 Å².